The molecular formula is C11H13N3O2. The predicted octanol–water partition coefficient (Wildman–Crippen LogP) is 0.797. The smallest absolute Gasteiger partial charge is 0.222 e. The molecule has 16 heavy (non-hydrogen) atoms. The second-order valence-electron chi connectivity index (χ2n) is 3.21. The number of hydrogen-bond acceptors (Lipinski definition) is 5. The molecule has 0 fully saturated rings. The Bertz CT molecular complexity index is 414. The number of hydrogen-bond donors (Lipinski definition) is 2. The molecule has 2 rings (SSSR count). The molecule has 1 heterocycles. The van der Waals surface area contributed by atoms with Crippen molar-refractivity contribution in [3.05, 3.63) is 41.9 Å². The molecule has 1 aliphatic rings. The van der Waals surface area contributed by atoms with Crippen LogP contribution in [0.5, 0.6) is 5.75 Å². The van der Waals surface area contributed by atoms with E-state index in [-0.39, 0.29) is 0 Å². The summed E-state index contributed by atoms with van der Waals surface area (Å²) in [4.78, 5) is 4.00. The number of para-hydroxylation sites is 1. The first kappa shape index (κ1) is 10.5. The third kappa shape index (κ3) is 2.14. The molecule has 0 radical (unpaired) electrons. The van der Waals surface area contributed by atoms with Gasteiger partial charge in [-0.3, -0.25) is 0 Å². The lowest BCUT2D eigenvalue weighted by molar-refractivity contribution is 0.130. The van der Waals surface area contributed by atoms with Crippen molar-refractivity contribution < 1.29 is 9.47 Å². The lowest BCUT2D eigenvalue weighted by Gasteiger charge is -2.20. The van der Waals surface area contributed by atoms with Gasteiger partial charge in [0.1, 0.15) is 11.4 Å². The number of methoxy groups -OCH3 is 1. The summed E-state index contributed by atoms with van der Waals surface area (Å²) in [6.07, 6.45) is 1.02. The van der Waals surface area contributed by atoms with Crippen LogP contribution in [0.25, 0.3) is 0 Å². The van der Waals surface area contributed by atoms with Crippen molar-refractivity contribution in [2.75, 3.05) is 7.11 Å². The van der Waals surface area contributed by atoms with Crippen LogP contribution in [0, 0.1) is 0 Å². The van der Waals surface area contributed by atoms with E-state index in [1.165, 1.54) is 6.34 Å². The van der Waals surface area contributed by atoms with Crippen LogP contribution in [0.4, 0.5) is 0 Å². The number of nitrogens with two attached hydrogens (primary N) is 1. The highest BCUT2D eigenvalue weighted by molar-refractivity contribution is 5.59. The van der Waals surface area contributed by atoms with Crippen molar-refractivity contribution in [3.63, 3.8) is 0 Å². The average Bonchev–Trinajstić information content (AvgIpc) is 2.33. The first-order valence-corrected chi connectivity index (χ1v) is 4.85. The summed E-state index contributed by atoms with van der Waals surface area (Å²) in [5.74, 6) is 1.16. The fourth-order valence-electron chi connectivity index (χ4n) is 1.32. The van der Waals surface area contributed by atoms with Crippen LogP contribution >= 0.6 is 0 Å². The molecule has 0 bridgehead atoms. The van der Waals surface area contributed by atoms with Crippen LogP contribution in [0.15, 0.2) is 46.9 Å². The van der Waals surface area contributed by atoms with Gasteiger partial charge in [0.05, 0.1) is 6.34 Å². The van der Waals surface area contributed by atoms with Gasteiger partial charge >= 0.3 is 0 Å². The number of benzene rings is 1. The maximum absolute atomic E-state index is 5.83. The average molecular weight is 219 g/mol. The molecule has 1 aliphatic heterocycles. The molecule has 0 aliphatic carbocycles. The first-order valence-electron chi connectivity index (χ1n) is 4.85. The lowest BCUT2D eigenvalue weighted by Crippen LogP contribution is -2.33. The van der Waals surface area contributed by atoms with Crippen LogP contribution < -0.4 is 15.8 Å². The van der Waals surface area contributed by atoms with E-state index in [0.717, 1.165) is 0 Å². The Morgan fingerprint density at radius 2 is 2.06 bits per heavy atom. The zero-order valence-electron chi connectivity index (χ0n) is 8.88. The van der Waals surface area contributed by atoms with Crippen LogP contribution in [0.3, 0.4) is 0 Å². The Morgan fingerprint density at radius 3 is 2.75 bits per heavy atom. The minimum Gasteiger partial charge on any atom is -0.439 e. The quantitative estimate of drug-likeness (QED) is 0.788. The Balaban J connectivity index is 2.15. The van der Waals surface area contributed by atoms with Crippen LogP contribution in [-0.4, -0.2) is 19.7 Å². The van der Waals surface area contributed by atoms with Crippen LogP contribution in [-0.2, 0) is 4.74 Å². The SMILES string of the molecule is COC1N=CNC(Oc2ccccc2)=C1N. The van der Waals surface area contributed by atoms with Gasteiger partial charge in [0.15, 0.2) is 6.23 Å². The zero-order valence-corrected chi connectivity index (χ0v) is 8.88. The standard InChI is InChI=1S/C11H13N3O2/c1-15-10-9(12)11(14-7-13-10)16-8-5-3-2-4-6-8/h2-7,10H,12H2,1H3,(H,13,14). The monoisotopic (exact) mass is 219 g/mol. The highest BCUT2D eigenvalue weighted by Gasteiger charge is 2.18. The second kappa shape index (κ2) is 4.67. The van der Waals surface area contributed by atoms with Crippen LogP contribution in [0.2, 0.25) is 0 Å². The van der Waals surface area contributed by atoms with Gasteiger partial charge in [0.2, 0.25) is 5.88 Å². The largest absolute Gasteiger partial charge is 0.439 e. The normalized spacial score (nSPS) is 19.4. The Labute approximate surface area is 93.6 Å². The zero-order chi connectivity index (χ0) is 11.4. The fourth-order valence-corrected chi connectivity index (χ4v) is 1.32. The molecule has 1 atom stereocenters. The van der Waals surface area contributed by atoms with Gasteiger partial charge in [0, 0.05) is 7.11 Å². The molecule has 84 valence electrons. The van der Waals surface area contributed by atoms with E-state index < -0.39 is 6.23 Å². The van der Waals surface area contributed by atoms with Crippen LogP contribution in [0.1, 0.15) is 0 Å². The molecule has 0 spiro atoms. The van der Waals surface area contributed by atoms with E-state index >= 15 is 0 Å². The number of nitrogens with zero attached hydrogens (tertiary/aromatic N) is 1. The van der Waals surface area contributed by atoms with Crippen molar-refractivity contribution in [3.8, 4) is 5.75 Å². The van der Waals surface area contributed by atoms with Gasteiger partial charge in [-0.25, -0.2) is 4.99 Å². The molecular weight excluding hydrogens is 206 g/mol. The Kier molecular flexibility index (Phi) is 3.07. The number of nitrogens with one attached hydrogen (secondary N) is 1. The molecule has 0 amide bonds. The number of aliphatic imine (C=N–C) groups is 1. The van der Waals surface area contributed by atoms with E-state index in [1.807, 2.05) is 30.3 Å². The third-order valence-corrected chi connectivity index (χ3v) is 2.12. The lowest BCUT2D eigenvalue weighted by atomic mass is 10.3. The highest BCUT2D eigenvalue weighted by Crippen LogP contribution is 2.16. The van der Waals surface area contributed by atoms with Crippen molar-refractivity contribution in [2.45, 2.75) is 6.23 Å². The van der Waals surface area contributed by atoms with Crippen molar-refractivity contribution in [1.29, 1.82) is 0 Å². The van der Waals surface area contributed by atoms with E-state index in [1.54, 1.807) is 7.11 Å². The summed E-state index contributed by atoms with van der Waals surface area (Å²) in [6.45, 7) is 0. The molecule has 5 heteroatoms. The minimum absolute atomic E-state index is 0.425. The maximum Gasteiger partial charge on any atom is 0.222 e. The van der Waals surface area contributed by atoms with Crippen molar-refractivity contribution in [2.24, 2.45) is 10.7 Å². The molecule has 0 aromatic heterocycles. The maximum atomic E-state index is 5.83. The predicted molar refractivity (Wildman–Crippen MR) is 60.7 cm³/mol. The van der Waals surface area contributed by atoms with Crippen molar-refractivity contribution >= 4 is 6.34 Å². The molecule has 0 saturated carbocycles. The van der Waals surface area contributed by atoms with Gasteiger partial charge < -0.3 is 20.5 Å². The summed E-state index contributed by atoms with van der Waals surface area (Å²) in [7, 11) is 1.54. The van der Waals surface area contributed by atoms with E-state index in [2.05, 4.69) is 10.3 Å². The van der Waals surface area contributed by atoms with Gasteiger partial charge in [-0.15, -0.1) is 0 Å². The summed E-state index contributed by atoms with van der Waals surface area (Å²) < 4.78 is 10.6. The third-order valence-electron chi connectivity index (χ3n) is 2.12. The topological polar surface area (TPSA) is 68.9 Å². The summed E-state index contributed by atoms with van der Waals surface area (Å²) in [6, 6.07) is 9.37. The Hall–Kier alpha value is -2.01. The molecule has 0 saturated heterocycles. The van der Waals surface area contributed by atoms with Gasteiger partial charge in [-0.1, -0.05) is 18.2 Å². The fraction of sp³-hybridized carbons (Fsp3) is 0.182. The number of rotatable bonds is 3. The van der Waals surface area contributed by atoms with Crippen molar-refractivity contribution in [1.82, 2.24) is 5.32 Å². The molecule has 1 aromatic carbocycles. The van der Waals surface area contributed by atoms with E-state index in [4.69, 9.17) is 15.2 Å². The molecule has 1 aromatic rings. The Morgan fingerprint density at radius 1 is 1.31 bits per heavy atom. The molecule has 3 N–H and O–H groups in total. The highest BCUT2D eigenvalue weighted by atomic mass is 16.5. The van der Waals surface area contributed by atoms with Gasteiger partial charge in [-0.2, -0.15) is 0 Å². The molecule has 5 nitrogen and oxygen atoms in total. The summed E-state index contributed by atoms with van der Waals surface area (Å²) in [5.41, 5.74) is 6.26. The summed E-state index contributed by atoms with van der Waals surface area (Å²) >= 11 is 0. The van der Waals surface area contributed by atoms with E-state index in [0.29, 0.717) is 17.3 Å². The van der Waals surface area contributed by atoms with Gasteiger partial charge in [-0.05, 0) is 12.1 Å². The first-order chi connectivity index (χ1) is 7.81. The molecule has 1 unspecified atom stereocenters. The minimum atomic E-state index is -0.486. The van der Waals surface area contributed by atoms with E-state index in [9.17, 15) is 0 Å². The number of ether oxygens (including phenoxy) is 2. The van der Waals surface area contributed by atoms with Gasteiger partial charge in [0.25, 0.3) is 0 Å². The second-order valence-corrected chi connectivity index (χ2v) is 3.21. The summed E-state index contributed by atoms with van der Waals surface area (Å²) in [5, 5.41) is 2.84.